The summed E-state index contributed by atoms with van der Waals surface area (Å²) < 4.78 is 15.1. The molecule has 1 saturated heterocycles. The first-order valence-corrected chi connectivity index (χ1v) is 15.7. The predicted octanol–water partition coefficient (Wildman–Crippen LogP) is 3.15. The quantitative estimate of drug-likeness (QED) is 0.297. The Balaban J connectivity index is 1.04. The fraction of sp³-hybridized carbons (Fsp3) is 0.312. The van der Waals surface area contributed by atoms with Crippen LogP contribution in [0.25, 0.3) is 16.6 Å². The van der Waals surface area contributed by atoms with E-state index in [0.717, 1.165) is 49.4 Å². The van der Waals surface area contributed by atoms with Gasteiger partial charge in [0, 0.05) is 48.7 Å². The highest BCUT2D eigenvalue weighted by molar-refractivity contribution is 7.85. The highest BCUT2D eigenvalue weighted by Gasteiger charge is 2.39. The second kappa shape index (κ2) is 11.1. The first kappa shape index (κ1) is 27.5. The van der Waals surface area contributed by atoms with Crippen LogP contribution in [0.2, 0.25) is 0 Å². The number of nitrogens with one attached hydrogen (secondary N) is 2. The summed E-state index contributed by atoms with van der Waals surface area (Å²) in [5, 5.41) is 11.1. The number of carbonyl (C=O) groups excluding carboxylic acids is 1. The van der Waals surface area contributed by atoms with Gasteiger partial charge in [0.15, 0.2) is 10.7 Å². The summed E-state index contributed by atoms with van der Waals surface area (Å²) >= 11 is 0. The molecular weight excluding hydrogens is 562 g/mol. The molecular formula is C32H33N7O3S. The maximum absolute atomic E-state index is 13.5. The van der Waals surface area contributed by atoms with Crippen LogP contribution in [0, 0.1) is 13.8 Å². The number of hydrogen-bond acceptors (Lipinski definition) is 7. The Morgan fingerprint density at radius 2 is 1.81 bits per heavy atom. The van der Waals surface area contributed by atoms with Gasteiger partial charge in [-0.25, -0.2) is 13.9 Å². The van der Waals surface area contributed by atoms with E-state index in [1.54, 1.807) is 10.6 Å². The number of carbonyl (C=O) groups is 1. The van der Waals surface area contributed by atoms with Gasteiger partial charge in [-0.1, -0.05) is 48.0 Å². The predicted molar refractivity (Wildman–Crippen MR) is 166 cm³/mol. The molecule has 0 bridgehead atoms. The summed E-state index contributed by atoms with van der Waals surface area (Å²) in [6, 6.07) is 22.0. The van der Waals surface area contributed by atoms with Gasteiger partial charge in [-0.05, 0) is 55.7 Å². The monoisotopic (exact) mass is 595 g/mol. The summed E-state index contributed by atoms with van der Waals surface area (Å²) in [6.45, 7) is 7.31. The Bertz CT molecular complexity index is 1930. The van der Waals surface area contributed by atoms with Gasteiger partial charge in [0.25, 0.3) is 5.56 Å². The highest BCUT2D eigenvalue weighted by atomic mass is 32.2. The third-order valence-corrected chi connectivity index (χ3v) is 9.97. The van der Waals surface area contributed by atoms with Crippen molar-refractivity contribution in [3.05, 3.63) is 93.8 Å². The van der Waals surface area contributed by atoms with Crippen molar-refractivity contribution < 1.29 is 9.00 Å². The van der Waals surface area contributed by atoms with Crippen molar-refractivity contribution >= 4 is 38.9 Å². The van der Waals surface area contributed by atoms with Gasteiger partial charge in [0.1, 0.15) is 10.8 Å². The lowest BCUT2D eigenvalue weighted by Gasteiger charge is -2.35. The largest absolute Gasteiger partial charge is 0.369 e. The van der Waals surface area contributed by atoms with Gasteiger partial charge in [0.05, 0.1) is 17.4 Å². The number of H-pyrrole nitrogens is 1. The molecule has 2 aliphatic rings. The number of rotatable bonds is 7. The SMILES string of the molecule is Cc1ccc(S(=O)c2n[nH]n3c2nc(=O)c2ccc(N4CCN(CC(=O)NC5CC5c5ccccc5)CC4)cc23)c(C)c1. The zero-order chi connectivity index (χ0) is 29.7. The smallest absolute Gasteiger partial charge is 0.281 e. The number of benzene rings is 3. The second-order valence-electron chi connectivity index (χ2n) is 11.5. The van der Waals surface area contributed by atoms with Gasteiger partial charge < -0.3 is 10.2 Å². The third-order valence-electron chi connectivity index (χ3n) is 8.49. The lowest BCUT2D eigenvalue weighted by molar-refractivity contribution is -0.122. The molecule has 2 aromatic heterocycles. The van der Waals surface area contributed by atoms with Crippen molar-refractivity contribution in [1.82, 2.24) is 30.0 Å². The molecule has 5 aromatic rings. The summed E-state index contributed by atoms with van der Waals surface area (Å²) in [5.74, 6) is 0.492. The molecule has 3 aromatic carbocycles. The van der Waals surface area contributed by atoms with Gasteiger partial charge in [-0.3, -0.25) is 14.5 Å². The van der Waals surface area contributed by atoms with Crippen molar-refractivity contribution in [1.29, 1.82) is 0 Å². The molecule has 2 fully saturated rings. The lowest BCUT2D eigenvalue weighted by Crippen LogP contribution is -2.49. The molecule has 1 saturated carbocycles. The van der Waals surface area contributed by atoms with Crippen LogP contribution in [0.3, 0.4) is 0 Å². The molecule has 10 nitrogen and oxygen atoms in total. The standard InChI is InChI=1S/C32H33N7O3S/c1-20-8-11-28(21(2)16-20)43(42)32-30-34-31(41)24-10-9-23(17-27(24)39(30)36-35-32)38-14-12-37(13-15-38)19-29(40)33-26-18-25(26)22-6-4-3-5-7-22/h3-11,16-17,25-26,36H,12-15,18-19H2,1-2H3,(H,33,40). The van der Waals surface area contributed by atoms with E-state index in [1.165, 1.54) is 5.56 Å². The van der Waals surface area contributed by atoms with Gasteiger partial charge >= 0.3 is 0 Å². The van der Waals surface area contributed by atoms with Crippen LogP contribution >= 0.6 is 0 Å². The molecule has 0 radical (unpaired) electrons. The first-order chi connectivity index (χ1) is 20.9. The van der Waals surface area contributed by atoms with Crippen molar-refractivity contribution in [2.24, 2.45) is 0 Å². The fourth-order valence-electron chi connectivity index (χ4n) is 6.07. The topological polar surface area (TPSA) is 116 Å². The van der Waals surface area contributed by atoms with Crippen molar-refractivity contribution in [3.63, 3.8) is 0 Å². The van der Waals surface area contributed by atoms with Crippen molar-refractivity contribution in [3.8, 4) is 0 Å². The molecule has 1 aliphatic carbocycles. The molecule has 1 amide bonds. The van der Waals surface area contributed by atoms with E-state index < -0.39 is 10.8 Å². The molecule has 1 aliphatic heterocycles. The highest BCUT2D eigenvalue weighted by Crippen LogP contribution is 2.40. The Kier molecular flexibility index (Phi) is 7.06. The second-order valence-corrected chi connectivity index (χ2v) is 12.9. The minimum Gasteiger partial charge on any atom is -0.369 e. The van der Waals surface area contributed by atoms with Crippen LogP contribution in [0.4, 0.5) is 5.69 Å². The Labute approximate surface area is 251 Å². The van der Waals surface area contributed by atoms with Crippen LogP contribution in [0.5, 0.6) is 0 Å². The van der Waals surface area contributed by atoms with E-state index in [0.29, 0.717) is 28.3 Å². The van der Waals surface area contributed by atoms with Crippen LogP contribution in [0.1, 0.15) is 29.0 Å². The minimum absolute atomic E-state index is 0.0742. The molecule has 2 N–H and O–H groups in total. The Morgan fingerprint density at radius 1 is 1.02 bits per heavy atom. The summed E-state index contributed by atoms with van der Waals surface area (Å²) in [4.78, 5) is 35.1. The van der Waals surface area contributed by atoms with Crippen molar-refractivity contribution in [2.45, 2.75) is 42.1 Å². The maximum Gasteiger partial charge on any atom is 0.281 e. The van der Waals surface area contributed by atoms with E-state index >= 15 is 0 Å². The fourth-order valence-corrected chi connectivity index (χ4v) is 7.25. The van der Waals surface area contributed by atoms with E-state index in [1.807, 2.05) is 62.4 Å². The number of aromatic amines is 1. The van der Waals surface area contributed by atoms with Gasteiger partial charge in [-0.2, -0.15) is 4.98 Å². The number of fused-ring (bicyclic) bond motifs is 3. The molecule has 220 valence electrons. The minimum atomic E-state index is -1.61. The average molecular weight is 596 g/mol. The molecule has 11 heteroatoms. The number of aryl methyl sites for hydroxylation is 2. The number of amides is 1. The number of aromatic nitrogens is 4. The zero-order valence-electron chi connectivity index (χ0n) is 24.1. The number of anilines is 1. The first-order valence-electron chi connectivity index (χ1n) is 14.6. The average Bonchev–Trinajstić information content (AvgIpc) is 3.64. The number of nitrogens with zero attached hydrogens (tertiary/aromatic N) is 5. The maximum atomic E-state index is 13.5. The van der Waals surface area contributed by atoms with Crippen LogP contribution in [-0.4, -0.2) is 73.6 Å². The van der Waals surface area contributed by atoms with E-state index in [-0.39, 0.29) is 28.2 Å². The summed E-state index contributed by atoms with van der Waals surface area (Å²) in [5.41, 5.74) is 4.72. The lowest BCUT2D eigenvalue weighted by atomic mass is 10.1. The number of hydrogen-bond donors (Lipinski definition) is 2. The van der Waals surface area contributed by atoms with Crippen LogP contribution < -0.4 is 15.8 Å². The van der Waals surface area contributed by atoms with Gasteiger partial charge in [-0.15, -0.1) is 5.10 Å². The molecule has 3 unspecified atom stereocenters. The zero-order valence-corrected chi connectivity index (χ0v) is 24.9. The number of piperazine rings is 1. The van der Waals surface area contributed by atoms with E-state index in [4.69, 9.17) is 0 Å². The van der Waals surface area contributed by atoms with Gasteiger partial charge in [0.2, 0.25) is 5.91 Å². The van der Waals surface area contributed by atoms with Crippen LogP contribution in [-0.2, 0) is 15.6 Å². The van der Waals surface area contributed by atoms with E-state index in [9.17, 15) is 13.8 Å². The molecule has 7 rings (SSSR count). The van der Waals surface area contributed by atoms with Crippen LogP contribution in [0.15, 0.2) is 81.4 Å². The molecule has 3 heterocycles. The third kappa shape index (κ3) is 5.34. The molecule has 3 atom stereocenters. The summed E-state index contributed by atoms with van der Waals surface area (Å²) in [7, 11) is -1.61. The Hall–Kier alpha value is -4.35. The summed E-state index contributed by atoms with van der Waals surface area (Å²) in [6.07, 6.45) is 0.997. The Morgan fingerprint density at radius 3 is 2.58 bits per heavy atom. The van der Waals surface area contributed by atoms with E-state index in [2.05, 4.69) is 42.5 Å². The van der Waals surface area contributed by atoms with Crippen molar-refractivity contribution in [2.75, 3.05) is 37.6 Å². The molecule has 43 heavy (non-hydrogen) atoms. The normalized spacial score (nSPS) is 19.5. The molecule has 0 spiro atoms.